The number of para-hydroxylation sites is 1. The number of hydrogen-bond donors (Lipinski definition) is 1. The van der Waals surface area contributed by atoms with Crippen molar-refractivity contribution in [2.45, 2.75) is 13.8 Å². The van der Waals surface area contributed by atoms with E-state index in [4.69, 9.17) is 4.74 Å². The third kappa shape index (κ3) is 2.42. The summed E-state index contributed by atoms with van der Waals surface area (Å²) in [5.74, 6) is -0.426. The van der Waals surface area contributed by atoms with Gasteiger partial charge in [-0.3, -0.25) is 0 Å². The maximum atomic E-state index is 12.1. The molecule has 1 aromatic carbocycles. The molecule has 0 saturated carbocycles. The lowest BCUT2D eigenvalue weighted by Gasteiger charge is -2.11. The molecular weight excluding hydrogens is 244 g/mol. The molecule has 6 nitrogen and oxygen atoms in total. The molecule has 0 fully saturated rings. The predicted molar refractivity (Wildman–Crippen MR) is 72.1 cm³/mol. The quantitative estimate of drug-likeness (QED) is 0.664. The van der Waals surface area contributed by atoms with Gasteiger partial charge in [0.25, 0.3) is 0 Å². The first kappa shape index (κ1) is 13.1. The Morgan fingerprint density at radius 2 is 2.16 bits per heavy atom. The molecule has 6 heteroatoms. The number of allylic oxidation sites excluding steroid dienone is 1. The summed E-state index contributed by atoms with van der Waals surface area (Å²) < 4.78 is 6.57. The van der Waals surface area contributed by atoms with Gasteiger partial charge in [-0.25, -0.2) is 9.48 Å². The molecule has 0 aliphatic heterocycles. The van der Waals surface area contributed by atoms with Gasteiger partial charge in [-0.1, -0.05) is 17.3 Å². The Morgan fingerprint density at radius 3 is 2.84 bits per heavy atom. The molecule has 100 valence electrons. The second-order valence-electron chi connectivity index (χ2n) is 3.93. The summed E-state index contributed by atoms with van der Waals surface area (Å²) >= 11 is 0. The molecule has 2 aromatic rings. The van der Waals surface area contributed by atoms with Gasteiger partial charge in [0.2, 0.25) is 0 Å². The van der Waals surface area contributed by atoms with Crippen LogP contribution in [0.2, 0.25) is 0 Å². The highest BCUT2D eigenvalue weighted by Gasteiger charge is 2.19. The fourth-order valence-corrected chi connectivity index (χ4v) is 1.75. The lowest BCUT2D eigenvalue weighted by Crippen LogP contribution is -2.19. The summed E-state index contributed by atoms with van der Waals surface area (Å²) in [6, 6.07) is 7.45. The van der Waals surface area contributed by atoms with Crippen molar-refractivity contribution in [3.8, 4) is 0 Å². The zero-order chi connectivity index (χ0) is 13.8. The Morgan fingerprint density at radius 1 is 1.42 bits per heavy atom. The van der Waals surface area contributed by atoms with Gasteiger partial charge in [0.15, 0.2) is 5.70 Å². The minimum Gasteiger partial charge on any atom is -0.461 e. The fourth-order valence-electron chi connectivity index (χ4n) is 1.75. The first-order chi connectivity index (χ1) is 9.19. The minimum atomic E-state index is -0.426. The van der Waals surface area contributed by atoms with Gasteiger partial charge in [-0.2, -0.15) is 0 Å². The Bertz CT molecular complexity index is 630. The van der Waals surface area contributed by atoms with Crippen molar-refractivity contribution >= 4 is 22.7 Å². The van der Waals surface area contributed by atoms with E-state index in [0.29, 0.717) is 18.0 Å². The first-order valence-electron chi connectivity index (χ1n) is 6.05. The van der Waals surface area contributed by atoms with Crippen molar-refractivity contribution in [3.63, 3.8) is 0 Å². The van der Waals surface area contributed by atoms with Gasteiger partial charge in [-0.05, 0) is 26.0 Å². The zero-order valence-electron chi connectivity index (χ0n) is 11.2. The number of ether oxygens (including phenoxy) is 1. The number of nitrogens with one attached hydrogen (secondary N) is 1. The molecule has 0 spiro atoms. The Labute approximate surface area is 111 Å². The van der Waals surface area contributed by atoms with Crippen molar-refractivity contribution < 1.29 is 9.53 Å². The SMILES string of the molecule is CCOC(=O)/C(=C(/C)NC)n1nnc2ccccc21. The third-order valence-corrected chi connectivity index (χ3v) is 2.76. The van der Waals surface area contributed by atoms with Crippen LogP contribution in [0.1, 0.15) is 13.8 Å². The molecule has 0 bridgehead atoms. The number of esters is 1. The zero-order valence-corrected chi connectivity index (χ0v) is 11.2. The summed E-state index contributed by atoms with van der Waals surface area (Å²) in [6.07, 6.45) is 0. The van der Waals surface area contributed by atoms with Crippen LogP contribution in [0, 0.1) is 0 Å². The lowest BCUT2D eigenvalue weighted by atomic mass is 10.3. The molecule has 1 aromatic heterocycles. The highest BCUT2D eigenvalue weighted by molar-refractivity contribution is 6.12. The van der Waals surface area contributed by atoms with Crippen LogP contribution >= 0.6 is 0 Å². The number of rotatable bonds is 4. The molecular formula is C13H16N4O2. The number of hydrogen-bond acceptors (Lipinski definition) is 5. The fraction of sp³-hybridized carbons (Fsp3) is 0.308. The van der Waals surface area contributed by atoms with E-state index < -0.39 is 5.97 Å². The summed E-state index contributed by atoms with van der Waals surface area (Å²) in [6.45, 7) is 3.87. The molecule has 0 atom stereocenters. The summed E-state index contributed by atoms with van der Waals surface area (Å²) in [5.41, 5.74) is 2.51. The summed E-state index contributed by atoms with van der Waals surface area (Å²) in [5, 5.41) is 11.0. The van der Waals surface area contributed by atoms with Crippen LogP contribution in [-0.4, -0.2) is 34.6 Å². The second-order valence-corrected chi connectivity index (χ2v) is 3.93. The summed E-state index contributed by atoms with van der Waals surface area (Å²) in [7, 11) is 1.74. The van der Waals surface area contributed by atoms with E-state index in [1.165, 1.54) is 4.68 Å². The van der Waals surface area contributed by atoms with Crippen molar-refractivity contribution in [2.24, 2.45) is 0 Å². The van der Waals surface area contributed by atoms with E-state index in [1.54, 1.807) is 20.9 Å². The average Bonchev–Trinajstić information content (AvgIpc) is 2.83. The highest BCUT2D eigenvalue weighted by atomic mass is 16.5. The number of benzene rings is 1. The highest BCUT2D eigenvalue weighted by Crippen LogP contribution is 2.17. The molecule has 1 N–H and O–H groups in total. The molecule has 0 saturated heterocycles. The summed E-state index contributed by atoms with van der Waals surface area (Å²) in [4.78, 5) is 12.1. The van der Waals surface area contributed by atoms with E-state index in [0.717, 1.165) is 11.0 Å². The Balaban J connectivity index is 2.59. The number of carbonyl (C=O) groups is 1. The van der Waals surface area contributed by atoms with Crippen molar-refractivity contribution in [1.82, 2.24) is 20.3 Å². The van der Waals surface area contributed by atoms with E-state index in [1.807, 2.05) is 24.3 Å². The van der Waals surface area contributed by atoms with E-state index in [2.05, 4.69) is 15.6 Å². The third-order valence-electron chi connectivity index (χ3n) is 2.76. The van der Waals surface area contributed by atoms with Gasteiger partial charge in [0.05, 0.1) is 12.1 Å². The Hall–Kier alpha value is -2.37. The van der Waals surface area contributed by atoms with Gasteiger partial charge in [0.1, 0.15) is 5.52 Å². The van der Waals surface area contributed by atoms with Gasteiger partial charge in [0, 0.05) is 12.7 Å². The number of aromatic nitrogens is 3. The molecule has 0 amide bonds. The number of nitrogens with zero attached hydrogens (tertiary/aromatic N) is 3. The van der Waals surface area contributed by atoms with Gasteiger partial charge in [-0.15, -0.1) is 5.10 Å². The average molecular weight is 260 g/mol. The molecule has 2 rings (SSSR count). The van der Waals surface area contributed by atoms with Gasteiger partial charge < -0.3 is 10.1 Å². The molecule has 0 aliphatic rings. The van der Waals surface area contributed by atoms with Crippen LogP contribution in [0.4, 0.5) is 0 Å². The van der Waals surface area contributed by atoms with Crippen molar-refractivity contribution in [2.75, 3.05) is 13.7 Å². The van der Waals surface area contributed by atoms with Crippen LogP contribution in [0.15, 0.2) is 30.0 Å². The molecule has 0 unspecified atom stereocenters. The molecule has 0 aliphatic carbocycles. The van der Waals surface area contributed by atoms with Crippen LogP contribution < -0.4 is 5.32 Å². The topological polar surface area (TPSA) is 69.0 Å². The minimum absolute atomic E-state index is 0.311. The van der Waals surface area contributed by atoms with Crippen LogP contribution in [0.25, 0.3) is 16.7 Å². The second kappa shape index (κ2) is 5.51. The number of carbonyl (C=O) groups excluding carboxylic acids is 1. The monoisotopic (exact) mass is 260 g/mol. The molecule has 1 heterocycles. The largest absolute Gasteiger partial charge is 0.461 e. The van der Waals surface area contributed by atoms with E-state index >= 15 is 0 Å². The number of fused-ring (bicyclic) bond motifs is 1. The maximum Gasteiger partial charge on any atom is 0.358 e. The smallest absolute Gasteiger partial charge is 0.358 e. The van der Waals surface area contributed by atoms with Crippen LogP contribution in [-0.2, 0) is 9.53 Å². The molecule has 19 heavy (non-hydrogen) atoms. The van der Waals surface area contributed by atoms with Crippen molar-refractivity contribution in [3.05, 3.63) is 30.0 Å². The lowest BCUT2D eigenvalue weighted by molar-refractivity contribution is -0.136. The van der Waals surface area contributed by atoms with Crippen LogP contribution in [0.5, 0.6) is 0 Å². The molecule has 0 radical (unpaired) electrons. The van der Waals surface area contributed by atoms with Crippen LogP contribution in [0.3, 0.4) is 0 Å². The van der Waals surface area contributed by atoms with E-state index in [-0.39, 0.29) is 0 Å². The standard InChI is InChI=1S/C13H16N4O2/c1-4-19-13(18)12(9(2)14-3)17-11-8-6-5-7-10(11)15-16-17/h5-8,14H,4H2,1-3H3/b12-9+. The van der Waals surface area contributed by atoms with Gasteiger partial charge >= 0.3 is 5.97 Å². The predicted octanol–water partition coefficient (Wildman–Crippen LogP) is 1.40. The first-order valence-corrected chi connectivity index (χ1v) is 6.05. The Kier molecular flexibility index (Phi) is 3.79. The maximum absolute atomic E-state index is 12.1. The van der Waals surface area contributed by atoms with E-state index in [9.17, 15) is 4.79 Å². The normalized spacial score (nSPS) is 12.2. The van der Waals surface area contributed by atoms with Crippen molar-refractivity contribution in [1.29, 1.82) is 0 Å².